The van der Waals surface area contributed by atoms with Crippen molar-refractivity contribution in [1.29, 1.82) is 0 Å². The summed E-state index contributed by atoms with van der Waals surface area (Å²) in [5.41, 5.74) is 7.73. The lowest BCUT2D eigenvalue weighted by Crippen LogP contribution is -2.47. The summed E-state index contributed by atoms with van der Waals surface area (Å²) < 4.78 is 44.3. The Balaban J connectivity index is 2.27. The molecule has 0 bridgehead atoms. The summed E-state index contributed by atoms with van der Waals surface area (Å²) in [5, 5.41) is 12.2. The number of aliphatic hydroxyl groups is 1. The molecule has 2 aromatic rings. The predicted octanol–water partition coefficient (Wildman–Crippen LogP) is 3.48. The number of nitrogens with one attached hydrogen (secondary N) is 1. The minimum absolute atomic E-state index is 0.0518. The van der Waals surface area contributed by atoms with Crippen molar-refractivity contribution in [3.05, 3.63) is 71.8 Å². The molecule has 4 N–H and O–H groups in total. The van der Waals surface area contributed by atoms with E-state index in [9.17, 15) is 23.1 Å². The summed E-state index contributed by atoms with van der Waals surface area (Å²) in [6, 6.07) is 16.0. The van der Waals surface area contributed by atoms with Crippen molar-refractivity contribution in [1.82, 2.24) is 5.32 Å². The van der Waals surface area contributed by atoms with Crippen LogP contribution >= 0.6 is 0 Å². The van der Waals surface area contributed by atoms with Gasteiger partial charge >= 0.3 is 12.1 Å². The normalized spacial score (nSPS) is 15.3. The summed E-state index contributed by atoms with van der Waals surface area (Å²) in [4.78, 5) is 11.6. The predicted molar refractivity (Wildman–Crippen MR) is 107 cm³/mol. The number of alkyl halides is 3. The summed E-state index contributed by atoms with van der Waals surface area (Å²) in [6.07, 6.45) is -5.52. The topological polar surface area (TPSA) is 84.6 Å². The number of halogens is 3. The molecule has 0 aliphatic carbocycles. The maximum atomic E-state index is 12.9. The van der Waals surface area contributed by atoms with Crippen molar-refractivity contribution in [2.75, 3.05) is 0 Å². The Bertz CT molecular complexity index is 793. The maximum Gasteiger partial charge on any atom is 0.471 e. The van der Waals surface area contributed by atoms with Crippen LogP contribution in [0.15, 0.2) is 60.7 Å². The first-order valence-corrected chi connectivity index (χ1v) is 9.58. The number of hydrogen-bond acceptors (Lipinski definition) is 4. The van der Waals surface area contributed by atoms with Gasteiger partial charge in [0.1, 0.15) is 0 Å². The molecule has 0 aliphatic heterocycles. The van der Waals surface area contributed by atoms with Crippen LogP contribution in [0.4, 0.5) is 13.2 Å². The minimum Gasteiger partial charge on any atom is -0.366 e. The number of benzene rings is 2. The van der Waals surface area contributed by atoms with Gasteiger partial charge in [0.05, 0.1) is 12.1 Å². The molecule has 0 saturated heterocycles. The Morgan fingerprint density at radius 2 is 1.60 bits per heavy atom. The largest absolute Gasteiger partial charge is 0.471 e. The molecule has 0 heterocycles. The molecular weight excluding hydrogens is 397 g/mol. The lowest BCUT2D eigenvalue weighted by molar-refractivity contribution is -0.212. The van der Waals surface area contributed by atoms with E-state index in [0.717, 1.165) is 5.56 Å². The van der Waals surface area contributed by atoms with Gasteiger partial charge < -0.3 is 20.9 Å². The summed E-state index contributed by atoms with van der Waals surface area (Å²) in [5.74, 6) is -3.61. The van der Waals surface area contributed by atoms with Gasteiger partial charge in [-0.1, -0.05) is 60.7 Å². The van der Waals surface area contributed by atoms with Gasteiger partial charge in [0.2, 0.25) is 0 Å². The van der Waals surface area contributed by atoms with Gasteiger partial charge in [0.15, 0.2) is 5.79 Å². The lowest BCUT2D eigenvalue weighted by Gasteiger charge is -2.33. The van der Waals surface area contributed by atoms with E-state index in [4.69, 9.17) is 10.5 Å². The van der Waals surface area contributed by atoms with Crippen LogP contribution in [0.25, 0.3) is 0 Å². The third kappa shape index (κ3) is 7.78. The van der Waals surface area contributed by atoms with Gasteiger partial charge in [0, 0.05) is 6.04 Å². The van der Waals surface area contributed by atoms with Gasteiger partial charge in [-0.2, -0.15) is 13.2 Å². The van der Waals surface area contributed by atoms with Crippen LogP contribution in [-0.4, -0.2) is 35.1 Å². The molecule has 0 aliphatic rings. The van der Waals surface area contributed by atoms with Gasteiger partial charge in [-0.15, -0.1) is 0 Å². The van der Waals surface area contributed by atoms with E-state index in [1.807, 2.05) is 35.6 Å². The van der Waals surface area contributed by atoms with Crippen LogP contribution in [0.5, 0.6) is 0 Å². The first-order valence-electron chi connectivity index (χ1n) is 9.58. The number of rotatable bonds is 9. The molecule has 0 radical (unpaired) electrons. The van der Waals surface area contributed by atoms with Crippen LogP contribution in [0.1, 0.15) is 37.4 Å². The molecule has 2 rings (SSSR count). The van der Waals surface area contributed by atoms with Crippen molar-refractivity contribution >= 4 is 5.91 Å². The molecule has 3 atom stereocenters. The van der Waals surface area contributed by atoms with E-state index < -0.39 is 36.1 Å². The molecule has 2 aromatic carbocycles. The monoisotopic (exact) mass is 424 g/mol. The van der Waals surface area contributed by atoms with Crippen molar-refractivity contribution in [3.8, 4) is 0 Å². The molecule has 0 saturated carbocycles. The van der Waals surface area contributed by atoms with Crippen molar-refractivity contribution in [2.45, 2.75) is 56.8 Å². The number of ether oxygens (including phenoxy) is 1. The van der Waals surface area contributed by atoms with Gasteiger partial charge in [0.25, 0.3) is 0 Å². The molecular formula is C22H27F3N2O3. The summed E-state index contributed by atoms with van der Waals surface area (Å²) in [6.45, 7) is 2.84. The molecule has 30 heavy (non-hydrogen) atoms. The molecule has 0 fully saturated rings. The Labute approximate surface area is 174 Å². The summed E-state index contributed by atoms with van der Waals surface area (Å²) >= 11 is 0. The second kappa shape index (κ2) is 10.1. The zero-order chi connectivity index (χ0) is 22.4. The SMILES string of the molecule is CC(C)(O)OC(CC(NC(=O)C(F)(F)F)c1ccccc1)C(N)Cc1ccccc1. The van der Waals surface area contributed by atoms with Crippen LogP contribution < -0.4 is 11.1 Å². The van der Waals surface area contributed by atoms with Crippen LogP contribution in [0.2, 0.25) is 0 Å². The number of hydrogen-bond donors (Lipinski definition) is 3. The van der Waals surface area contributed by atoms with Gasteiger partial charge in [-0.05, 0) is 37.8 Å². The van der Waals surface area contributed by atoms with E-state index in [1.165, 1.54) is 13.8 Å². The van der Waals surface area contributed by atoms with Crippen molar-refractivity contribution in [2.24, 2.45) is 5.73 Å². The van der Waals surface area contributed by atoms with E-state index in [1.54, 1.807) is 30.3 Å². The lowest BCUT2D eigenvalue weighted by atomic mass is 9.93. The van der Waals surface area contributed by atoms with E-state index in [0.29, 0.717) is 12.0 Å². The molecule has 164 valence electrons. The Morgan fingerprint density at radius 3 is 2.10 bits per heavy atom. The van der Waals surface area contributed by atoms with E-state index >= 15 is 0 Å². The first-order chi connectivity index (χ1) is 14.0. The smallest absolute Gasteiger partial charge is 0.366 e. The number of amides is 1. The highest BCUT2D eigenvalue weighted by molar-refractivity contribution is 5.82. The average molecular weight is 424 g/mol. The van der Waals surface area contributed by atoms with E-state index in [-0.39, 0.29) is 6.42 Å². The van der Waals surface area contributed by atoms with Gasteiger partial charge in [-0.3, -0.25) is 4.79 Å². The third-order valence-electron chi connectivity index (χ3n) is 4.46. The zero-order valence-corrected chi connectivity index (χ0v) is 16.9. The van der Waals surface area contributed by atoms with Crippen molar-refractivity contribution < 1.29 is 27.8 Å². The van der Waals surface area contributed by atoms with Gasteiger partial charge in [-0.25, -0.2) is 0 Å². The highest BCUT2D eigenvalue weighted by Crippen LogP contribution is 2.26. The fourth-order valence-corrected chi connectivity index (χ4v) is 3.13. The Kier molecular flexibility index (Phi) is 8.00. The van der Waals surface area contributed by atoms with Crippen LogP contribution in [-0.2, 0) is 16.0 Å². The molecule has 5 nitrogen and oxygen atoms in total. The zero-order valence-electron chi connectivity index (χ0n) is 16.9. The second-order valence-electron chi connectivity index (χ2n) is 7.63. The minimum atomic E-state index is -5.02. The number of carbonyl (C=O) groups excluding carboxylic acids is 1. The third-order valence-corrected chi connectivity index (χ3v) is 4.46. The highest BCUT2D eigenvalue weighted by Gasteiger charge is 2.40. The van der Waals surface area contributed by atoms with Crippen LogP contribution in [0, 0.1) is 0 Å². The quantitative estimate of drug-likeness (QED) is 0.538. The Morgan fingerprint density at radius 1 is 1.07 bits per heavy atom. The molecule has 0 spiro atoms. The number of nitrogens with two attached hydrogens (primary N) is 1. The van der Waals surface area contributed by atoms with E-state index in [2.05, 4.69) is 0 Å². The summed E-state index contributed by atoms with van der Waals surface area (Å²) in [7, 11) is 0. The number of carbonyl (C=O) groups is 1. The second-order valence-corrected chi connectivity index (χ2v) is 7.63. The van der Waals surface area contributed by atoms with Crippen LogP contribution in [0.3, 0.4) is 0 Å². The fourth-order valence-electron chi connectivity index (χ4n) is 3.13. The highest BCUT2D eigenvalue weighted by atomic mass is 19.4. The molecule has 0 aromatic heterocycles. The fraction of sp³-hybridized carbons (Fsp3) is 0.409. The standard InChI is InChI=1S/C22H27F3N2O3/c1-21(2,29)30-19(17(26)13-15-9-5-3-6-10-15)14-18(16-11-7-4-8-12-16)27-20(28)22(23,24)25/h3-12,17-19,29H,13-14,26H2,1-2H3,(H,27,28). The maximum absolute atomic E-state index is 12.9. The molecule has 8 heteroatoms. The molecule has 3 unspecified atom stereocenters. The average Bonchev–Trinajstić information content (AvgIpc) is 2.66. The molecule has 1 amide bonds. The van der Waals surface area contributed by atoms with Crippen molar-refractivity contribution in [3.63, 3.8) is 0 Å². The Hall–Kier alpha value is -2.42. The first kappa shape index (κ1) is 23.9.